The van der Waals surface area contributed by atoms with Gasteiger partial charge >= 0.3 is 12.1 Å². The lowest BCUT2D eigenvalue weighted by Crippen LogP contribution is -2.38. The Kier molecular flexibility index (Phi) is 12.0. The molecule has 0 saturated heterocycles. The van der Waals surface area contributed by atoms with Crippen LogP contribution in [0.25, 0.3) is 0 Å². The number of guanidine groups is 2. The average molecular weight is 542 g/mol. The van der Waals surface area contributed by atoms with E-state index in [9.17, 15) is 30.7 Å². The molecule has 0 aliphatic rings. The number of nitrogens with two attached hydrogens (primary N) is 4. The fourth-order valence-electron chi connectivity index (χ4n) is 2.07. The van der Waals surface area contributed by atoms with Crippen molar-refractivity contribution in [3.8, 4) is 0 Å². The Hall–Kier alpha value is -4.44. The predicted octanol–water partition coefficient (Wildman–Crippen LogP) is 2.32. The lowest BCUT2D eigenvalue weighted by Gasteiger charge is -2.17. The Balaban J connectivity index is 0.000000563. The SMILES string of the molecule is N=C(N)NCC(F)(F)c1ccc(N)cc1.N=C(N)NCC(F)(F)c1ccc(N)cc1.O=C(O)C(F)(F)F. The molecule has 2 rings (SSSR count). The third-order valence-electron chi connectivity index (χ3n) is 3.91. The van der Waals surface area contributed by atoms with Crippen molar-refractivity contribution >= 4 is 29.3 Å². The zero-order valence-electron chi connectivity index (χ0n) is 18.8. The first kappa shape index (κ1) is 32.6. The highest BCUT2D eigenvalue weighted by atomic mass is 19.4. The van der Waals surface area contributed by atoms with Crippen LogP contribution in [0.3, 0.4) is 0 Å². The molecule has 0 amide bonds. The Morgan fingerprint density at radius 1 is 0.703 bits per heavy atom. The number of hydrogen-bond acceptors (Lipinski definition) is 5. The van der Waals surface area contributed by atoms with Crippen molar-refractivity contribution in [3.05, 3.63) is 59.7 Å². The summed E-state index contributed by atoms with van der Waals surface area (Å²) in [6.45, 7) is -1.40. The minimum atomic E-state index is -5.08. The fraction of sp³-hybridized carbons (Fsp3) is 0.250. The zero-order valence-corrected chi connectivity index (χ0v) is 18.8. The molecule has 0 bridgehead atoms. The second kappa shape index (κ2) is 13.6. The molecule has 206 valence electrons. The van der Waals surface area contributed by atoms with E-state index < -0.39 is 49.0 Å². The summed E-state index contributed by atoms with van der Waals surface area (Å²) in [7, 11) is 0. The van der Waals surface area contributed by atoms with Gasteiger partial charge in [0.15, 0.2) is 11.9 Å². The summed E-state index contributed by atoms with van der Waals surface area (Å²) >= 11 is 0. The Morgan fingerprint density at radius 2 is 0.946 bits per heavy atom. The fourth-order valence-corrected chi connectivity index (χ4v) is 2.07. The molecule has 0 spiro atoms. The van der Waals surface area contributed by atoms with Crippen LogP contribution in [0.15, 0.2) is 48.5 Å². The second-order valence-corrected chi connectivity index (χ2v) is 6.99. The summed E-state index contributed by atoms with van der Waals surface area (Å²) in [5.41, 5.74) is 21.1. The van der Waals surface area contributed by atoms with Crippen molar-refractivity contribution < 1.29 is 40.6 Å². The lowest BCUT2D eigenvalue weighted by molar-refractivity contribution is -0.192. The number of hydrogen-bond donors (Lipinski definition) is 9. The molecule has 17 heteroatoms. The largest absolute Gasteiger partial charge is 0.490 e. The second-order valence-electron chi connectivity index (χ2n) is 6.99. The predicted molar refractivity (Wildman–Crippen MR) is 123 cm³/mol. The van der Waals surface area contributed by atoms with Crippen LogP contribution < -0.4 is 33.6 Å². The van der Waals surface area contributed by atoms with E-state index in [0.29, 0.717) is 11.4 Å². The average Bonchev–Trinajstić information content (AvgIpc) is 2.77. The summed E-state index contributed by atoms with van der Waals surface area (Å²) in [5, 5.41) is 24.9. The molecule has 0 fully saturated rings. The Bertz CT molecular complexity index is 959. The summed E-state index contributed by atoms with van der Waals surface area (Å²) in [6.07, 6.45) is -5.08. The number of carboxylic acids is 1. The van der Waals surface area contributed by atoms with Crippen LogP contribution in [0.2, 0.25) is 0 Å². The first-order valence-corrected chi connectivity index (χ1v) is 9.71. The number of anilines is 2. The first-order chi connectivity index (χ1) is 16.8. The van der Waals surface area contributed by atoms with Crippen molar-refractivity contribution in [1.29, 1.82) is 10.8 Å². The maximum atomic E-state index is 13.4. The van der Waals surface area contributed by atoms with Crippen molar-refractivity contribution in [2.24, 2.45) is 11.5 Å². The van der Waals surface area contributed by atoms with Gasteiger partial charge in [-0.25, -0.2) is 4.79 Å². The first-order valence-electron chi connectivity index (χ1n) is 9.71. The van der Waals surface area contributed by atoms with Gasteiger partial charge < -0.3 is 38.7 Å². The van der Waals surface area contributed by atoms with Gasteiger partial charge in [0.2, 0.25) is 0 Å². The van der Waals surface area contributed by atoms with Gasteiger partial charge in [-0.3, -0.25) is 10.8 Å². The van der Waals surface area contributed by atoms with E-state index in [2.05, 4.69) is 10.6 Å². The topological polar surface area (TPSA) is 213 Å². The minimum Gasteiger partial charge on any atom is -0.475 e. The van der Waals surface area contributed by atoms with Gasteiger partial charge in [-0.2, -0.15) is 30.7 Å². The van der Waals surface area contributed by atoms with Crippen LogP contribution in [-0.4, -0.2) is 42.3 Å². The van der Waals surface area contributed by atoms with Crippen molar-refractivity contribution in [1.82, 2.24) is 10.6 Å². The summed E-state index contributed by atoms with van der Waals surface area (Å²) in [5.74, 6) is -9.86. The molecule has 0 radical (unpaired) electrons. The molecule has 0 atom stereocenters. The molecule has 13 N–H and O–H groups in total. The van der Waals surface area contributed by atoms with Gasteiger partial charge in [-0.15, -0.1) is 0 Å². The van der Waals surface area contributed by atoms with Gasteiger partial charge in [0.25, 0.3) is 11.8 Å². The molecule has 37 heavy (non-hydrogen) atoms. The Morgan fingerprint density at radius 3 is 1.14 bits per heavy atom. The summed E-state index contributed by atoms with van der Waals surface area (Å²) < 4.78 is 85.3. The molecule has 0 aliphatic carbocycles. The molecule has 0 saturated carbocycles. The van der Waals surface area contributed by atoms with Gasteiger partial charge in [-0.05, 0) is 24.3 Å². The van der Waals surface area contributed by atoms with Gasteiger partial charge in [0.1, 0.15) is 0 Å². The summed E-state index contributed by atoms with van der Waals surface area (Å²) in [6, 6.07) is 10.6. The number of benzene rings is 2. The van der Waals surface area contributed by atoms with E-state index >= 15 is 0 Å². The number of nitrogen functional groups attached to an aromatic ring is 2. The normalized spacial score (nSPS) is 11.1. The smallest absolute Gasteiger partial charge is 0.475 e. The van der Waals surface area contributed by atoms with Gasteiger partial charge in [-0.1, -0.05) is 24.3 Å². The summed E-state index contributed by atoms with van der Waals surface area (Å²) in [4.78, 5) is 8.90. The molecule has 0 heterocycles. The Labute approximate surface area is 205 Å². The van der Waals surface area contributed by atoms with E-state index in [0.717, 1.165) is 0 Å². The number of aliphatic carboxylic acids is 1. The molecular weight excluding hydrogens is 517 g/mol. The number of carbonyl (C=O) groups is 1. The highest BCUT2D eigenvalue weighted by molar-refractivity contribution is 5.74. The lowest BCUT2D eigenvalue weighted by atomic mass is 10.1. The molecule has 0 aromatic heterocycles. The van der Waals surface area contributed by atoms with Gasteiger partial charge in [0, 0.05) is 22.5 Å². The van der Waals surface area contributed by atoms with Crippen LogP contribution in [0, 0.1) is 10.8 Å². The van der Waals surface area contributed by atoms with Crippen molar-refractivity contribution in [2.75, 3.05) is 24.6 Å². The van der Waals surface area contributed by atoms with E-state index in [1.54, 1.807) is 0 Å². The van der Waals surface area contributed by atoms with Crippen LogP contribution >= 0.6 is 0 Å². The molecule has 0 unspecified atom stereocenters. The van der Waals surface area contributed by atoms with E-state index in [1.807, 2.05) is 0 Å². The van der Waals surface area contributed by atoms with E-state index in [4.69, 9.17) is 43.7 Å². The van der Waals surface area contributed by atoms with Crippen LogP contribution in [0.4, 0.5) is 42.1 Å². The quantitative estimate of drug-likeness (QED) is 0.114. The van der Waals surface area contributed by atoms with Gasteiger partial charge in [0.05, 0.1) is 13.1 Å². The molecular formula is C20H25F7N8O2. The maximum Gasteiger partial charge on any atom is 0.490 e. The molecule has 10 nitrogen and oxygen atoms in total. The van der Waals surface area contributed by atoms with Crippen LogP contribution in [0.5, 0.6) is 0 Å². The number of rotatable bonds is 6. The standard InChI is InChI=1S/2C9H12F2N4.C2HF3O2/c2*10-9(11,5-15-8(13)14)6-1-3-7(12)4-2-6;3-2(4,5)1(6)7/h2*1-4H,5,12H2,(H4,13,14,15);(H,6,7). The van der Waals surface area contributed by atoms with E-state index in [-0.39, 0.29) is 11.1 Å². The highest BCUT2D eigenvalue weighted by Crippen LogP contribution is 2.28. The van der Waals surface area contributed by atoms with Crippen molar-refractivity contribution in [2.45, 2.75) is 18.0 Å². The highest BCUT2D eigenvalue weighted by Gasteiger charge is 2.38. The minimum absolute atomic E-state index is 0.162. The third kappa shape index (κ3) is 13.3. The molecule has 0 aliphatic heterocycles. The van der Waals surface area contributed by atoms with E-state index in [1.165, 1.54) is 48.5 Å². The number of nitrogens with one attached hydrogen (secondary N) is 4. The molecule has 2 aromatic rings. The number of carboxylic acid groups (broad SMARTS) is 1. The third-order valence-corrected chi connectivity index (χ3v) is 3.91. The number of halogens is 7. The van der Waals surface area contributed by atoms with Crippen LogP contribution in [-0.2, 0) is 16.6 Å². The van der Waals surface area contributed by atoms with Crippen LogP contribution in [0.1, 0.15) is 11.1 Å². The maximum absolute atomic E-state index is 13.4. The zero-order chi connectivity index (χ0) is 29.0. The van der Waals surface area contributed by atoms with Crippen molar-refractivity contribution in [3.63, 3.8) is 0 Å². The molecule has 2 aromatic carbocycles. The number of alkyl halides is 7. The monoisotopic (exact) mass is 542 g/mol.